The number of hydrogen-bond acceptors (Lipinski definition) is 6. The number of piperazine rings is 1. The Morgan fingerprint density at radius 3 is 2.52 bits per heavy atom. The number of carbonyl (C=O) groups is 1. The molecule has 27 heavy (non-hydrogen) atoms. The molecule has 1 aliphatic heterocycles. The first-order chi connectivity index (χ1) is 12.7. The van der Waals surface area contributed by atoms with E-state index in [0.717, 1.165) is 6.20 Å². The summed E-state index contributed by atoms with van der Waals surface area (Å²) < 4.78 is 19.5. The third kappa shape index (κ3) is 4.60. The summed E-state index contributed by atoms with van der Waals surface area (Å²) in [5.41, 5.74) is -0.236. The molecule has 0 atom stereocenters. The van der Waals surface area contributed by atoms with E-state index >= 15 is 0 Å². The number of nitrogens with one attached hydrogen (secondary N) is 1. The summed E-state index contributed by atoms with van der Waals surface area (Å²) in [6.45, 7) is 7.42. The number of amides is 1. The molecule has 3 heterocycles. The zero-order chi connectivity index (χ0) is 19.6. The molecular formula is C18H22FN5O3. The van der Waals surface area contributed by atoms with Crippen LogP contribution in [0, 0.1) is 5.82 Å². The second-order valence-corrected chi connectivity index (χ2v) is 7.26. The van der Waals surface area contributed by atoms with E-state index in [1.165, 1.54) is 18.3 Å². The number of anilines is 1. The van der Waals surface area contributed by atoms with Crippen LogP contribution in [0.25, 0.3) is 11.3 Å². The van der Waals surface area contributed by atoms with E-state index in [2.05, 4.69) is 15.0 Å². The van der Waals surface area contributed by atoms with Gasteiger partial charge in [-0.05, 0) is 26.8 Å². The molecule has 0 bridgehead atoms. The molecule has 0 saturated carbocycles. The minimum absolute atomic E-state index is 0.117. The average Bonchev–Trinajstić information content (AvgIpc) is 2.62. The number of hydrogen-bond donors (Lipinski definition) is 1. The summed E-state index contributed by atoms with van der Waals surface area (Å²) in [4.78, 5) is 37.7. The fourth-order valence-electron chi connectivity index (χ4n) is 2.69. The van der Waals surface area contributed by atoms with Crippen LogP contribution in [0.2, 0.25) is 0 Å². The van der Waals surface area contributed by atoms with Crippen LogP contribution in [0.3, 0.4) is 0 Å². The van der Waals surface area contributed by atoms with Crippen molar-refractivity contribution in [3.05, 3.63) is 40.7 Å². The van der Waals surface area contributed by atoms with Gasteiger partial charge in [-0.1, -0.05) is 0 Å². The quantitative estimate of drug-likeness (QED) is 0.864. The van der Waals surface area contributed by atoms with Gasteiger partial charge in [-0.25, -0.2) is 19.2 Å². The van der Waals surface area contributed by atoms with Crippen molar-refractivity contribution in [2.24, 2.45) is 0 Å². The first-order valence-electron chi connectivity index (χ1n) is 8.67. The molecule has 144 valence electrons. The molecule has 1 fully saturated rings. The highest BCUT2D eigenvalue weighted by atomic mass is 19.1. The second kappa shape index (κ2) is 7.34. The van der Waals surface area contributed by atoms with Gasteiger partial charge in [0.1, 0.15) is 11.3 Å². The Labute approximate surface area is 156 Å². The lowest BCUT2D eigenvalue weighted by atomic mass is 10.2. The van der Waals surface area contributed by atoms with E-state index in [1.807, 2.05) is 25.7 Å². The molecule has 1 amide bonds. The van der Waals surface area contributed by atoms with Crippen molar-refractivity contribution in [1.82, 2.24) is 19.9 Å². The molecule has 3 rings (SSSR count). The highest BCUT2D eigenvalue weighted by molar-refractivity contribution is 5.68. The lowest BCUT2D eigenvalue weighted by molar-refractivity contribution is 0.0240. The number of aromatic nitrogens is 3. The van der Waals surface area contributed by atoms with Crippen LogP contribution in [-0.2, 0) is 4.74 Å². The summed E-state index contributed by atoms with van der Waals surface area (Å²) in [5, 5.41) is 0. The zero-order valence-electron chi connectivity index (χ0n) is 15.5. The van der Waals surface area contributed by atoms with Gasteiger partial charge in [0, 0.05) is 44.0 Å². The number of rotatable bonds is 2. The maximum Gasteiger partial charge on any atom is 0.410 e. The maximum absolute atomic E-state index is 14.1. The molecule has 0 aliphatic carbocycles. The number of ether oxygens (including phenoxy) is 1. The second-order valence-electron chi connectivity index (χ2n) is 7.26. The molecule has 2 aromatic heterocycles. The lowest BCUT2D eigenvalue weighted by Gasteiger charge is -2.35. The largest absolute Gasteiger partial charge is 0.444 e. The van der Waals surface area contributed by atoms with E-state index in [-0.39, 0.29) is 17.3 Å². The van der Waals surface area contributed by atoms with Crippen LogP contribution >= 0.6 is 0 Å². The number of H-pyrrole nitrogens is 1. The minimum Gasteiger partial charge on any atom is -0.444 e. The summed E-state index contributed by atoms with van der Waals surface area (Å²) in [5.74, 6) is -0.195. The standard InChI is InChI=1S/C18H22FN5O3/c1-18(2,3)27-17(26)24-8-6-23(7-9-24)16-21-11-13(19)15(22-16)12-4-5-14(25)20-10-12/h4-5,10-11H,6-9H2,1-3H3,(H,20,25). The molecule has 9 heteroatoms. The predicted octanol–water partition coefficient (Wildman–Crippen LogP) is 2.03. The number of halogens is 1. The van der Waals surface area contributed by atoms with Gasteiger partial charge in [-0.2, -0.15) is 0 Å². The van der Waals surface area contributed by atoms with Crippen LogP contribution in [0.4, 0.5) is 15.1 Å². The van der Waals surface area contributed by atoms with Gasteiger partial charge in [0.25, 0.3) is 0 Å². The molecule has 2 aromatic rings. The summed E-state index contributed by atoms with van der Waals surface area (Å²) in [6.07, 6.45) is 2.18. The van der Waals surface area contributed by atoms with E-state index < -0.39 is 11.4 Å². The molecular weight excluding hydrogens is 353 g/mol. The van der Waals surface area contributed by atoms with Crippen molar-refractivity contribution in [3.8, 4) is 11.3 Å². The Balaban J connectivity index is 1.71. The molecule has 0 unspecified atom stereocenters. The van der Waals surface area contributed by atoms with Crippen LogP contribution < -0.4 is 10.5 Å². The SMILES string of the molecule is CC(C)(C)OC(=O)N1CCN(c2ncc(F)c(-c3ccc(=O)[nH]c3)n2)CC1. The van der Waals surface area contributed by atoms with Crippen LogP contribution in [-0.4, -0.2) is 57.7 Å². The number of pyridine rings is 1. The number of aromatic amines is 1. The van der Waals surface area contributed by atoms with Crippen LogP contribution in [0.5, 0.6) is 0 Å². The van der Waals surface area contributed by atoms with Gasteiger partial charge in [0.2, 0.25) is 11.5 Å². The fourth-order valence-corrected chi connectivity index (χ4v) is 2.69. The average molecular weight is 375 g/mol. The number of carbonyl (C=O) groups excluding carboxylic acids is 1. The van der Waals surface area contributed by atoms with Gasteiger partial charge < -0.3 is 19.5 Å². The van der Waals surface area contributed by atoms with Gasteiger partial charge >= 0.3 is 6.09 Å². The van der Waals surface area contributed by atoms with Crippen molar-refractivity contribution >= 4 is 12.0 Å². The normalized spacial score (nSPS) is 15.0. The smallest absolute Gasteiger partial charge is 0.410 e. The Morgan fingerprint density at radius 1 is 1.22 bits per heavy atom. The van der Waals surface area contributed by atoms with E-state index in [1.54, 1.807) is 4.90 Å². The topological polar surface area (TPSA) is 91.4 Å². The molecule has 0 spiro atoms. The zero-order valence-corrected chi connectivity index (χ0v) is 15.5. The first kappa shape index (κ1) is 18.8. The molecule has 0 aromatic carbocycles. The van der Waals surface area contributed by atoms with Crippen LogP contribution in [0.1, 0.15) is 20.8 Å². The molecule has 8 nitrogen and oxygen atoms in total. The van der Waals surface area contributed by atoms with Gasteiger partial charge in [-0.3, -0.25) is 4.79 Å². The maximum atomic E-state index is 14.1. The summed E-state index contributed by atoms with van der Waals surface area (Å²) >= 11 is 0. The Kier molecular flexibility index (Phi) is 5.11. The Morgan fingerprint density at radius 2 is 1.93 bits per heavy atom. The third-order valence-corrected chi connectivity index (χ3v) is 4.00. The third-order valence-electron chi connectivity index (χ3n) is 4.00. The van der Waals surface area contributed by atoms with Gasteiger partial charge in [0.15, 0.2) is 5.82 Å². The van der Waals surface area contributed by atoms with Crippen molar-refractivity contribution in [2.45, 2.75) is 26.4 Å². The van der Waals surface area contributed by atoms with Crippen molar-refractivity contribution in [2.75, 3.05) is 31.1 Å². The van der Waals surface area contributed by atoms with Gasteiger partial charge in [0.05, 0.1) is 6.20 Å². The molecule has 1 N–H and O–H groups in total. The minimum atomic E-state index is -0.571. The van der Waals surface area contributed by atoms with E-state index in [9.17, 15) is 14.0 Å². The summed E-state index contributed by atoms with van der Waals surface area (Å²) in [7, 11) is 0. The highest BCUT2D eigenvalue weighted by Crippen LogP contribution is 2.22. The summed E-state index contributed by atoms with van der Waals surface area (Å²) in [6, 6.07) is 2.82. The van der Waals surface area contributed by atoms with Crippen molar-refractivity contribution in [3.63, 3.8) is 0 Å². The molecule has 1 aliphatic rings. The van der Waals surface area contributed by atoms with Crippen molar-refractivity contribution < 1.29 is 13.9 Å². The van der Waals surface area contributed by atoms with Crippen molar-refractivity contribution in [1.29, 1.82) is 0 Å². The van der Waals surface area contributed by atoms with E-state index in [4.69, 9.17) is 4.74 Å². The van der Waals surface area contributed by atoms with Crippen LogP contribution in [0.15, 0.2) is 29.3 Å². The van der Waals surface area contributed by atoms with Gasteiger partial charge in [-0.15, -0.1) is 0 Å². The first-order valence-corrected chi connectivity index (χ1v) is 8.67. The lowest BCUT2D eigenvalue weighted by Crippen LogP contribution is -2.50. The highest BCUT2D eigenvalue weighted by Gasteiger charge is 2.27. The van der Waals surface area contributed by atoms with E-state index in [0.29, 0.717) is 37.7 Å². The Bertz CT molecular complexity index is 865. The predicted molar refractivity (Wildman–Crippen MR) is 98.1 cm³/mol. The monoisotopic (exact) mass is 375 g/mol. The molecule has 0 radical (unpaired) electrons. The fraction of sp³-hybridized carbons (Fsp3) is 0.444. The number of nitrogens with zero attached hydrogens (tertiary/aromatic N) is 4. The Hall–Kier alpha value is -2.97. The molecule has 1 saturated heterocycles.